The van der Waals surface area contributed by atoms with Gasteiger partial charge in [0.25, 0.3) is 0 Å². The molecule has 1 aliphatic carbocycles. The number of urea groups is 1. The Morgan fingerprint density at radius 1 is 1.12 bits per heavy atom. The lowest BCUT2D eigenvalue weighted by Crippen LogP contribution is -2.39. The molecule has 0 aromatic heterocycles. The highest BCUT2D eigenvalue weighted by Crippen LogP contribution is 2.34. The van der Waals surface area contributed by atoms with Crippen molar-refractivity contribution in [3.8, 4) is 5.75 Å². The van der Waals surface area contributed by atoms with Crippen LogP contribution in [-0.2, 0) is 6.42 Å². The summed E-state index contributed by atoms with van der Waals surface area (Å²) in [6.07, 6.45) is 2.41. The number of likely N-dealkylation sites (tertiary alicyclic amines) is 1. The van der Waals surface area contributed by atoms with Gasteiger partial charge in [-0.1, -0.05) is 12.1 Å². The lowest BCUT2D eigenvalue weighted by Gasteiger charge is -2.21. The number of hydrogen-bond donors (Lipinski definition) is 2. The zero-order chi connectivity index (χ0) is 18.3. The number of fused-ring (bicyclic) bond motifs is 1. The minimum Gasteiger partial charge on any atom is -0.508 e. The maximum absolute atomic E-state index is 13.4. The van der Waals surface area contributed by atoms with E-state index in [0.717, 1.165) is 42.0 Å². The van der Waals surface area contributed by atoms with Crippen LogP contribution in [0.4, 0.5) is 13.6 Å². The van der Waals surface area contributed by atoms with Crippen molar-refractivity contribution in [3.05, 3.63) is 64.7 Å². The zero-order valence-electron chi connectivity index (χ0n) is 14.2. The Bertz CT molecular complexity index is 856. The fourth-order valence-electron chi connectivity index (χ4n) is 3.96. The van der Waals surface area contributed by atoms with Gasteiger partial charge >= 0.3 is 6.03 Å². The molecule has 1 saturated heterocycles. The van der Waals surface area contributed by atoms with Crippen molar-refractivity contribution in [2.24, 2.45) is 0 Å². The SMILES string of the molecule is O=C(NC1CCc2ccc(O)cc21)N1CCC(c2ccc(F)c(F)c2)C1. The summed E-state index contributed by atoms with van der Waals surface area (Å²) in [6, 6.07) is 8.94. The second kappa shape index (κ2) is 6.59. The van der Waals surface area contributed by atoms with Crippen LogP contribution in [-0.4, -0.2) is 29.1 Å². The number of rotatable bonds is 2. The Hall–Kier alpha value is -2.63. The van der Waals surface area contributed by atoms with E-state index in [1.807, 2.05) is 6.07 Å². The van der Waals surface area contributed by atoms with Gasteiger partial charge in [0.1, 0.15) is 5.75 Å². The van der Waals surface area contributed by atoms with Gasteiger partial charge in [-0.05, 0) is 60.2 Å². The fraction of sp³-hybridized carbons (Fsp3) is 0.350. The normalized spacial score (nSPS) is 21.7. The molecule has 2 unspecified atom stereocenters. The van der Waals surface area contributed by atoms with E-state index in [-0.39, 0.29) is 23.7 Å². The largest absolute Gasteiger partial charge is 0.508 e. The predicted octanol–water partition coefficient (Wildman–Crippen LogP) is 3.86. The first-order valence-electron chi connectivity index (χ1n) is 8.83. The monoisotopic (exact) mass is 358 g/mol. The van der Waals surface area contributed by atoms with Crippen LogP contribution in [0.5, 0.6) is 5.75 Å². The Balaban J connectivity index is 1.41. The summed E-state index contributed by atoms with van der Waals surface area (Å²) in [5.74, 6) is -1.50. The lowest BCUT2D eigenvalue weighted by atomic mass is 9.98. The number of phenolic OH excluding ortho intramolecular Hbond substituents is 1. The summed E-state index contributed by atoms with van der Waals surface area (Å²) in [7, 11) is 0. The Kier molecular flexibility index (Phi) is 4.26. The van der Waals surface area contributed by atoms with E-state index in [0.29, 0.717) is 13.1 Å². The van der Waals surface area contributed by atoms with Crippen molar-refractivity contribution in [2.45, 2.75) is 31.2 Å². The van der Waals surface area contributed by atoms with E-state index >= 15 is 0 Å². The van der Waals surface area contributed by atoms with Gasteiger partial charge in [0.15, 0.2) is 11.6 Å². The number of phenols is 1. The Labute approximate surface area is 150 Å². The minimum atomic E-state index is -0.857. The van der Waals surface area contributed by atoms with E-state index in [1.165, 1.54) is 6.07 Å². The van der Waals surface area contributed by atoms with Crippen molar-refractivity contribution >= 4 is 6.03 Å². The predicted molar refractivity (Wildman–Crippen MR) is 93.0 cm³/mol. The van der Waals surface area contributed by atoms with E-state index in [1.54, 1.807) is 23.1 Å². The van der Waals surface area contributed by atoms with Crippen LogP contribution >= 0.6 is 0 Å². The summed E-state index contributed by atoms with van der Waals surface area (Å²) in [4.78, 5) is 14.3. The first-order valence-corrected chi connectivity index (χ1v) is 8.83. The molecule has 2 amide bonds. The third-order valence-electron chi connectivity index (χ3n) is 5.40. The average molecular weight is 358 g/mol. The highest BCUT2D eigenvalue weighted by Gasteiger charge is 2.31. The van der Waals surface area contributed by atoms with Crippen LogP contribution in [0.25, 0.3) is 0 Å². The van der Waals surface area contributed by atoms with Crippen molar-refractivity contribution in [1.29, 1.82) is 0 Å². The standard InChI is InChI=1S/C20H20F2N2O2/c21-17-5-2-13(9-18(17)22)14-7-8-24(11-14)20(26)23-19-6-3-12-1-4-15(25)10-16(12)19/h1-2,4-5,9-10,14,19,25H,3,6-8,11H2,(H,23,26). The minimum absolute atomic E-state index is 0.00996. The van der Waals surface area contributed by atoms with Gasteiger partial charge in [-0.15, -0.1) is 0 Å². The molecule has 0 bridgehead atoms. The van der Waals surface area contributed by atoms with Gasteiger partial charge in [0.05, 0.1) is 6.04 Å². The number of nitrogens with zero attached hydrogens (tertiary/aromatic N) is 1. The lowest BCUT2D eigenvalue weighted by molar-refractivity contribution is 0.204. The number of benzene rings is 2. The number of aromatic hydroxyl groups is 1. The summed E-state index contributed by atoms with van der Waals surface area (Å²) >= 11 is 0. The van der Waals surface area contributed by atoms with Crippen LogP contribution in [0.15, 0.2) is 36.4 Å². The van der Waals surface area contributed by atoms with Crippen LogP contribution in [0.2, 0.25) is 0 Å². The van der Waals surface area contributed by atoms with Gasteiger partial charge < -0.3 is 15.3 Å². The molecule has 136 valence electrons. The molecule has 2 aliphatic rings. The molecule has 4 rings (SSSR count). The summed E-state index contributed by atoms with van der Waals surface area (Å²) < 4.78 is 26.5. The molecule has 4 nitrogen and oxygen atoms in total. The fourth-order valence-corrected chi connectivity index (χ4v) is 3.96. The van der Waals surface area contributed by atoms with E-state index < -0.39 is 11.6 Å². The van der Waals surface area contributed by atoms with Gasteiger partial charge in [-0.25, -0.2) is 13.6 Å². The molecule has 26 heavy (non-hydrogen) atoms. The zero-order valence-corrected chi connectivity index (χ0v) is 14.2. The summed E-state index contributed by atoms with van der Waals surface area (Å²) in [5, 5.41) is 12.7. The van der Waals surface area contributed by atoms with Crippen LogP contribution in [0.3, 0.4) is 0 Å². The third kappa shape index (κ3) is 3.11. The summed E-state index contributed by atoms with van der Waals surface area (Å²) in [6.45, 7) is 1.06. The molecule has 2 N–H and O–H groups in total. The van der Waals surface area contributed by atoms with Gasteiger partial charge in [0, 0.05) is 19.0 Å². The molecule has 1 heterocycles. The highest BCUT2D eigenvalue weighted by molar-refractivity contribution is 5.75. The number of carbonyl (C=O) groups excluding carboxylic acids is 1. The molecule has 1 fully saturated rings. The number of nitrogens with one attached hydrogen (secondary N) is 1. The van der Waals surface area contributed by atoms with Crippen molar-refractivity contribution in [3.63, 3.8) is 0 Å². The Morgan fingerprint density at radius 2 is 1.96 bits per heavy atom. The number of halogens is 2. The van der Waals surface area contributed by atoms with Crippen LogP contribution < -0.4 is 5.32 Å². The molecule has 2 atom stereocenters. The number of aryl methyl sites for hydroxylation is 1. The van der Waals surface area contributed by atoms with Crippen molar-refractivity contribution < 1.29 is 18.7 Å². The Morgan fingerprint density at radius 3 is 2.77 bits per heavy atom. The van der Waals surface area contributed by atoms with Crippen molar-refractivity contribution in [1.82, 2.24) is 10.2 Å². The topological polar surface area (TPSA) is 52.6 Å². The molecule has 2 aromatic rings. The van der Waals surface area contributed by atoms with Crippen LogP contribution in [0, 0.1) is 11.6 Å². The number of amides is 2. The molecule has 2 aromatic carbocycles. The molecule has 0 saturated carbocycles. The number of carbonyl (C=O) groups is 1. The maximum atomic E-state index is 13.4. The van der Waals surface area contributed by atoms with E-state index in [9.17, 15) is 18.7 Å². The van der Waals surface area contributed by atoms with Crippen molar-refractivity contribution in [2.75, 3.05) is 13.1 Å². The molecule has 0 spiro atoms. The van der Waals surface area contributed by atoms with Crippen LogP contribution in [0.1, 0.15) is 41.5 Å². The summed E-state index contributed by atoms with van der Waals surface area (Å²) in [5.41, 5.74) is 2.83. The first-order chi connectivity index (χ1) is 12.5. The first kappa shape index (κ1) is 16.8. The second-order valence-electron chi connectivity index (χ2n) is 7.03. The van der Waals surface area contributed by atoms with Gasteiger partial charge in [-0.2, -0.15) is 0 Å². The number of hydrogen-bond acceptors (Lipinski definition) is 2. The molecular weight excluding hydrogens is 338 g/mol. The molecule has 1 aliphatic heterocycles. The molecule has 0 radical (unpaired) electrons. The second-order valence-corrected chi connectivity index (χ2v) is 7.03. The molecule has 6 heteroatoms. The smallest absolute Gasteiger partial charge is 0.317 e. The highest BCUT2D eigenvalue weighted by atomic mass is 19.2. The van der Waals surface area contributed by atoms with Gasteiger partial charge in [0.2, 0.25) is 0 Å². The third-order valence-corrected chi connectivity index (χ3v) is 5.40. The quantitative estimate of drug-likeness (QED) is 0.857. The maximum Gasteiger partial charge on any atom is 0.317 e. The van der Waals surface area contributed by atoms with Gasteiger partial charge in [-0.3, -0.25) is 0 Å². The average Bonchev–Trinajstić information content (AvgIpc) is 3.25. The van der Waals surface area contributed by atoms with E-state index in [4.69, 9.17) is 0 Å². The van der Waals surface area contributed by atoms with E-state index in [2.05, 4.69) is 5.32 Å². The molecular formula is C20H20F2N2O2.